The number of furan rings is 1. The van der Waals surface area contributed by atoms with Gasteiger partial charge in [0.15, 0.2) is 0 Å². The molecule has 0 saturated heterocycles. The minimum absolute atomic E-state index is 0.120. The number of nitrogens with zero attached hydrogens (tertiary/aromatic N) is 1. The zero-order valence-electron chi connectivity index (χ0n) is 38.8. The molecule has 0 spiro atoms. The number of anilines is 3. The van der Waals surface area contributed by atoms with Crippen LogP contribution >= 0.6 is 0 Å². The van der Waals surface area contributed by atoms with Crippen molar-refractivity contribution >= 4 is 39.0 Å². The Hall–Kier alpha value is -7.42. The van der Waals surface area contributed by atoms with Crippen molar-refractivity contribution in [2.45, 2.75) is 64.7 Å². The van der Waals surface area contributed by atoms with E-state index in [1.54, 1.807) is 0 Å². The largest absolute Gasteiger partial charge is 0.456 e. The van der Waals surface area contributed by atoms with Gasteiger partial charge in [0.05, 0.1) is 11.4 Å². The molecule has 0 fully saturated rings. The molecular weight excluding hydrogens is 799 g/mol. The van der Waals surface area contributed by atoms with Crippen LogP contribution in [0.3, 0.4) is 0 Å². The maximum absolute atomic E-state index is 6.19. The Morgan fingerprint density at radius 2 is 0.955 bits per heavy atom. The van der Waals surface area contributed by atoms with E-state index in [-0.39, 0.29) is 16.2 Å². The van der Waals surface area contributed by atoms with Gasteiger partial charge < -0.3 is 9.32 Å². The van der Waals surface area contributed by atoms with E-state index in [9.17, 15) is 0 Å². The summed E-state index contributed by atoms with van der Waals surface area (Å²) in [6, 6.07) is 72.3. The summed E-state index contributed by atoms with van der Waals surface area (Å²) in [4.78, 5) is 2.51. The topological polar surface area (TPSA) is 16.4 Å². The van der Waals surface area contributed by atoms with Gasteiger partial charge in [-0.15, -0.1) is 0 Å². The van der Waals surface area contributed by atoms with Gasteiger partial charge in [0.25, 0.3) is 0 Å². The molecule has 2 heteroatoms. The number of hydrogen-bond acceptors (Lipinski definition) is 2. The molecule has 12 rings (SSSR count). The maximum Gasteiger partial charge on any atom is 0.135 e. The maximum atomic E-state index is 6.19. The molecule has 66 heavy (non-hydrogen) atoms. The summed E-state index contributed by atoms with van der Waals surface area (Å²) < 4.78 is 6.19. The highest BCUT2D eigenvalue weighted by molar-refractivity contribution is 6.06. The van der Waals surface area contributed by atoms with E-state index in [2.05, 4.69) is 235 Å². The third-order valence-corrected chi connectivity index (χ3v) is 14.9. The van der Waals surface area contributed by atoms with Crippen LogP contribution in [0.5, 0.6) is 0 Å². The Bertz CT molecular complexity index is 3560. The fraction of sp³-hybridized carbons (Fsp3) is 0.156. The Kier molecular flexibility index (Phi) is 8.84. The van der Waals surface area contributed by atoms with Crippen molar-refractivity contribution in [3.05, 3.63) is 222 Å². The Morgan fingerprint density at radius 1 is 0.379 bits per heavy atom. The minimum Gasteiger partial charge on any atom is -0.456 e. The van der Waals surface area contributed by atoms with Crippen molar-refractivity contribution in [1.82, 2.24) is 0 Å². The van der Waals surface area contributed by atoms with Crippen molar-refractivity contribution in [2.24, 2.45) is 0 Å². The molecule has 1 heterocycles. The first kappa shape index (κ1) is 40.1. The summed E-state index contributed by atoms with van der Waals surface area (Å²) in [6.07, 6.45) is 0. The van der Waals surface area contributed by atoms with Crippen molar-refractivity contribution in [3.8, 4) is 55.6 Å². The molecule has 0 aliphatic heterocycles. The fourth-order valence-electron chi connectivity index (χ4n) is 11.2. The van der Waals surface area contributed by atoms with Crippen LogP contribution in [0, 0.1) is 0 Å². The zero-order valence-corrected chi connectivity index (χ0v) is 38.8. The van der Waals surface area contributed by atoms with Gasteiger partial charge in [-0.25, -0.2) is 0 Å². The van der Waals surface area contributed by atoms with Gasteiger partial charge in [-0.2, -0.15) is 0 Å². The molecule has 0 radical (unpaired) electrons. The SMILES string of the molecule is CC(C)(C)c1ccc(-c2ccc3c(c2)C(C)(C)c2ccc(-c4ccccc4N(c4ccc(-c5ccc6oc7ccccc7c6c5)cc4)c4cccc5c4-c4ccccc4C5(C)C)cc2-3)cc1. The quantitative estimate of drug-likeness (QED) is 0.166. The first-order valence-electron chi connectivity index (χ1n) is 23.4. The van der Waals surface area contributed by atoms with Crippen LogP contribution in [-0.2, 0) is 16.2 Å². The lowest BCUT2D eigenvalue weighted by molar-refractivity contribution is 0.590. The lowest BCUT2D eigenvalue weighted by Crippen LogP contribution is -2.16. The third kappa shape index (κ3) is 6.15. The van der Waals surface area contributed by atoms with Crippen LogP contribution in [0.25, 0.3) is 77.6 Å². The molecule has 0 saturated carbocycles. The van der Waals surface area contributed by atoms with Crippen LogP contribution in [0.15, 0.2) is 199 Å². The number of hydrogen-bond donors (Lipinski definition) is 0. The normalized spacial score (nSPS) is 14.2. The average Bonchev–Trinajstić information content (AvgIpc) is 3.91. The molecular formula is C64H53NO. The lowest BCUT2D eigenvalue weighted by Gasteiger charge is -2.31. The Morgan fingerprint density at radius 3 is 1.74 bits per heavy atom. The van der Waals surface area contributed by atoms with Gasteiger partial charge in [-0.05, 0) is 132 Å². The van der Waals surface area contributed by atoms with Gasteiger partial charge in [-0.3, -0.25) is 0 Å². The van der Waals surface area contributed by atoms with E-state index in [1.165, 1.54) is 78.0 Å². The summed E-state index contributed by atoms with van der Waals surface area (Å²) in [6.45, 7) is 16.3. The fourth-order valence-corrected chi connectivity index (χ4v) is 11.2. The Labute approximate surface area is 388 Å². The van der Waals surface area contributed by atoms with Crippen LogP contribution in [0.4, 0.5) is 17.1 Å². The molecule has 0 bridgehead atoms. The van der Waals surface area contributed by atoms with E-state index in [0.29, 0.717) is 0 Å². The van der Waals surface area contributed by atoms with Crippen molar-refractivity contribution in [2.75, 3.05) is 4.90 Å². The van der Waals surface area contributed by atoms with Crippen molar-refractivity contribution in [3.63, 3.8) is 0 Å². The second-order valence-electron chi connectivity index (χ2n) is 20.6. The number of para-hydroxylation sites is 2. The van der Waals surface area contributed by atoms with E-state index in [4.69, 9.17) is 4.42 Å². The second-order valence-corrected chi connectivity index (χ2v) is 20.6. The first-order chi connectivity index (χ1) is 31.9. The first-order valence-corrected chi connectivity index (χ1v) is 23.4. The standard InChI is InChI=1S/C64H53NO/c1-62(2,3)45-30-23-40(24-31-45)43-27-34-48-51-38-44(28-35-54(51)64(6,7)56(48)39-43)47-15-9-12-20-57(47)65(58-21-14-19-55-61(58)50-17-8-11-18-53(50)63(55,4)5)46-32-25-41(26-33-46)42-29-36-60-52(37-42)49-16-10-13-22-59(49)66-60/h8-39H,1-7H3. The molecule has 2 aliphatic carbocycles. The predicted octanol–water partition coefficient (Wildman–Crippen LogP) is 18.0. The van der Waals surface area contributed by atoms with Crippen LogP contribution < -0.4 is 4.90 Å². The smallest absolute Gasteiger partial charge is 0.135 e. The number of fused-ring (bicyclic) bond motifs is 9. The molecule has 1 aromatic heterocycles. The predicted molar refractivity (Wildman–Crippen MR) is 279 cm³/mol. The molecule has 320 valence electrons. The minimum atomic E-state index is -0.141. The van der Waals surface area contributed by atoms with Crippen LogP contribution in [0.2, 0.25) is 0 Å². The molecule has 0 unspecified atom stereocenters. The average molecular weight is 852 g/mol. The van der Waals surface area contributed by atoms with Gasteiger partial charge in [0, 0.05) is 38.4 Å². The molecule has 2 nitrogen and oxygen atoms in total. The molecule has 0 amide bonds. The van der Waals surface area contributed by atoms with Crippen LogP contribution in [-0.4, -0.2) is 0 Å². The van der Waals surface area contributed by atoms with Crippen molar-refractivity contribution in [1.29, 1.82) is 0 Å². The highest BCUT2D eigenvalue weighted by Gasteiger charge is 2.39. The summed E-state index contributed by atoms with van der Waals surface area (Å²) in [5.74, 6) is 0. The Balaban J connectivity index is 0.994. The second kappa shape index (κ2) is 14.5. The molecule has 0 atom stereocenters. The van der Waals surface area contributed by atoms with Gasteiger partial charge in [0.1, 0.15) is 11.2 Å². The van der Waals surface area contributed by atoms with Crippen molar-refractivity contribution < 1.29 is 4.42 Å². The monoisotopic (exact) mass is 851 g/mol. The van der Waals surface area contributed by atoms with E-state index < -0.39 is 0 Å². The lowest BCUT2D eigenvalue weighted by atomic mass is 9.81. The summed E-state index contributed by atoms with van der Waals surface area (Å²) in [7, 11) is 0. The zero-order chi connectivity index (χ0) is 45.1. The number of benzene rings is 9. The number of rotatable bonds is 6. The summed E-state index contributed by atoms with van der Waals surface area (Å²) >= 11 is 0. The molecule has 2 aliphatic rings. The van der Waals surface area contributed by atoms with Gasteiger partial charge in [-0.1, -0.05) is 188 Å². The van der Waals surface area contributed by atoms with Gasteiger partial charge >= 0.3 is 0 Å². The van der Waals surface area contributed by atoms with E-state index >= 15 is 0 Å². The summed E-state index contributed by atoms with van der Waals surface area (Å²) in [5, 5.41) is 2.27. The molecule has 9 aromatic carbocycles. The molecule has 0 N–H and O–H groups in total. The van der Waals surface area contributed by atoms with E-state index in [0.717, 1.165) is 44.4 Å². The van der Waals surface area contributed by atoms with Gasteiger partial charge in [0.2, 0.25) is 0 Å². The third-order valence-electron chi connectivity index (χ3n) is 14.9. The molecule has 10 aromatic rings. The highest BCUT2D eigenvalue weighted by Crippen LogP contribution is 2.56. The highest BCUT2D eigenvalue weighted by atomic mass is 16.3. The van der Waals surface area contributed by atoms with Crippen LogP contribution in [0.1, 0.15) is 76.3 Å². The summed E-state index contributed by atoms with van der Waals surface area (Å²) in [5.41, 5.74) is 24.3. The van der Waals surface area contributed by atoms with E-state index in [1.807, 2.05) is 12.1 Å².